The van der Waals surface area contributed by atoms with Crippen LogP contribution in [0.3, 0.4) is 0 Å². The van der Waals surface area contributed by atoms with Gasteiger partial charge in [-0.25, -0.2) is 4.79 Å². The lowest BCUT2D eigenvalue weighted by atomic mass is 9.99. The smallest absolute Gasteiger partial charge is 0.325 e. The van der Waals surface area contributed by atoms with E-state index in [9.17, 15) is 19.2 Å². The number of aromatic nitrogens is 1. The minimum absolute atomic E-state index is 0.126. The average Bonchev–Trinajstić information content (AvgIpc) is 3.41. The Hall–Kier alpha value is -2.29. The maximum atomic E-state index is 12.6. The maximum absolute atomic E-state index is 12.6. The summed E-state index contributed by atoms with van der Waals surface area (Å²) in [5, 5.41) is 2.74. The topological polar surface area (TPSA) is 103 Å². The van der Waals surface area contributed by atoms with Crippen LogP contribution in [0.1, 0.15) is 40.1 Å². The molecular weight excluding hydrogens is 356 g/mol. The van der Waals surface area contributed by atoms with Crippen molar-refractivity contribution in [3.8, 4) is 0 Å². The Morgan fingerprint density at radius 3 is 2.69 bits per heavy atom. The minimum atomic E-state index is -0.850. The highest BCUT2D eigenvalue weighted by atomic mass is 32.2. The molecule has 4 amide bonds. The number of ketones is 1. The van der Waals surface area contributed by atoms with Crippen molar-refractivity contribution in [3.63, 3.8) is 0 Å². The van der Waals surface area contributed by atoms with Gasteiger partial charge in [-0.1, -0.05) is 0 Å². The molecule has 1 aromatic heterocycles. The van der Waals surface area contributed by atoms with Crippen molar-refractivity contribution in [3.05, 3.63) is 23.5 Å². The summed E-state index contributed by atoms with van der Waals surface area (Å²) in [6.45, 7) is 1.14. The number of nitrogens with zero attached hydrogens (tertiary/aromatic N) is 2. The number of Topliss-reactive ketones (excluding diaryl/α,β-unsaturated/α-hetero) is 1. The predicted molar refractivity (Wildman–Crippen MR) is 95.2 cm³/mol. The standard InChI is InChI=1S/C17H20N4O4S/c22-13(9-21-15(24)17(19-16(21)25)3-6-26-10-17)11-7-12(18-8-11)14(23)20-4-1-2-5-20/h7-8,18H,1-6,9-10H2,(H,19,25). The molecule has 8 nitrogen and oxygen atoms in total. The summed E-state index contributed by atoms with van der Waals surface area (Å²) < 4.78 is 0. The molecule has 3 fully saturated rings. The van der Waals surface area contributed by atoms with Crippen LogP contribution in [0.25, 0.3) is 0 Å². The molecule has 3 saturated heterocycles. The Morgan fingerprint density at radius 1 is 1.23 bits per heavy atom. The summed E-state index contributed by atoms with van der Waals surface area (Å²) in [6, 6.07) is 0.984. The zero-order chi connectivity index (χ0) is 18.3. The van der Waals surface area contributed by atoms with Crippen molar-refractivity contribution in [1.82, 2.24) is 20.1 Å². The van der Waals surface area contributed by atoms with Crippen molar-refractivity contribution in [2.24, 2.45) is 0 Å². The van der Waals surface area contributed by atoms with Gasteiger partial charge >= 0.3 is 6.03 Å². The van der Waals surface area contributed by atoms with Crippen molar-refractivity contribution in [1.29, 1.82) is 0 Å². The van der Waals surface area contributed by atoms with Crippen molar-refractivity contribution >= 4 is 35.4 Å². The molecule has 2 N–H and O–H groups in total. The second kappa shape index (κ2) is 6.46. The summed E-state index contributed by atoms with van der Waals surface area (Å²) >= 11 is 1.62. The number of likely N-dealkylation sites (tertiary alicyclic amines) is 1. The van der Waals surface area contributed by atoms with E-state index >= 15 is 0 Å². The van der Waals surface area contributed by atoms with Gasteiger partial charge in [-0.2, -0.15) is 11.8 Å². The van der Waals surface area contributed by atoms with Crippen LogP contribution in [0.15, 0.2) is 12.3 Å². The number of aromatic amines is 1. The fourth-order valence-electron chi connectivity index (χ4n) is 3.66. The summed E-state index contributed by atoms with van der Waals surface area (Å²) in [5.74, 6) is 0.533. The third-order valence-corrected chi connectivity index (χ3v) is 6.39. The lowest BCUT2D eigenvalue weighted by molar-refractivity contribution is -0.130. The summed E-state index contributed by atoms with van der Waals surface area (Å²) in [7, 11) is 0. The number of rotatable bonds is 4. The fraction of sp³-hybridized carbons (Fsp3) is 0.529. The Kier molecular flexibility index (Phi) is 4.26. The van der Waals surface area contributed by atoms with Crippen molar-refractivity contribution in [2.45, 2.75) is 24.8 Å². The largest absolute Gasteiger partial charge is 0.356 e. The number of amides is 4. The molecule has 0 bridgehead atoms. The van der Waals surface area contributed by atoms with Crippen LogP contribution in [0.2, 0.25) is 0 Å². The van der Waals surface area contributed by atoms with E-state index in [1.54, 1.807) is 16.7 Å². The number of imide groups is 1. The van der Waals surface area contributed by atoms with Crippen molar-refractivity contribution in [2.75, 3.05) is 31.1 Å². The van der Waals surface area contributed by atoms with Gasteiger partial charge in [-0.15, -0.1) is 0 Å². The molecule has 26 heavy (non-hydrogen) atoms. The van der Waals surface area contributed by atoms with E-state index in [0.717, 1.165) is 36.6 Å². The Labute approximate surface area is 154 Å². The number of hydrogen-bond acceptors (Lipinski definition) is 5. The molecule has 3 aliphatic rings. The second-order valence-corrected chi connectivity index (χ2v) is 8.04. The molecule has 138 valence electrons. The highest BCUT2D eigenvalue weighted by molar-refractivity contribution is 7.99. The van der Waals surface area contributed by atoms with Gasteiger partial charge in [0, 0.05) is 30.6 Å². The Bertz CT molecular complexity index is 777. The SMILES string of the molecule is O=C(CN1C(=O)NC2(CCSC2)C1=O)c1c[nH]c(C(=O)N2CCCC2)c1. The van der Waals surface area contributed by atoms with Gasteiger partial charge in [0.1, 0.15) is 11.2 Å². The van der Waals surface area contributed by atoms with Gasteiger partial charge in [0.15, 0.2) is 5.78 Å². The molecule has 0 saturated carbocycles. The van der Waals surface area contributed by atoms with E-state index in [0.29, 0.717) is 23.4 Å². The molecular formula is C17H20N4O4S. The second-order valence-electron chi connectivity index (χ2n) is 6.93. The zero-order valence-corrected chi connectivity index (χ0v) is 15.1. The first-order valence-electron chi connectivity index (χ1n) is 8.73. The van der Waals surface area contributed by atoms with Crippen molar-refractivity contribution < 1.29 is 19.2 Å². The predicted octanol–water partition coefficient (Wildman–Crippen LogP) is 0.861. The van der Waals surface area contributed by atoms with E-state index in [1.165, 1.54) is 12.3 Å². The average molecular weight is 376 g/mol. The van der Waals surface area contributed by atoms with E-state index < -0.39 is 11.6 Å². The molecule has 1 spiro atoms. The van der Waals surface area contributed by atoms with Gasteiger partial charge in [0.05, 0.1) is 6.54 Å². The molecule has 4 heterocycles. The molecule has 1 aromatic rings. The lowest BCUT2D eigenvalue weighted by Gasteiger charge is -2.18. The van der Waals surface area contributed by atoms with Gasteiger partial charge < -0.3 is 15.2 Å². The molecule has 9 heteroatoms. The molecule has 1 atom stereocenters. The fourth-order valence-corrected chi connectivity index (χ4v) is 4.98. The van der Waals surface area contributed by atoms with Crippen LogP contribution in [0.4, 0.5) is 4.79 Å². The highest BCUT2D eigenvalue weighted by Gasteiger charge is 2.53. The van der Waals surface area contributed by atoms with Gasteiger partial charge in [-0.3, -0.25) is 19.3 Å². The van der Waals surface area contributed by atoms with Crippen LogP contribution in [0.5, 0.6) is 0 Å². The molecule has 0 radical (unpaired) electrons. The summed E-state index contributed by atoms with van der Waals surface area (Å²) in [6.07, 6.45) is 4.03. The third-order valence-electron chi connectivity index (χ3n) is 5.20. The normalized spacial score (nSPS) is 25.4. The monoisotopic (exact) mass is 376 g/mol. The number of carbonyl (C=O) groups excluding carboxylic acids is 4. The number of thioether (sulfide) groups is 1. The third kappa shape index (κ3) is 2.80. The van der Waals surface area contributed by atoms with Crippen LogP contribution in [0, 0.1) is 0 Å². The first-order chi connectivity index (χ1) is 12.5. The van der Waals surface area contributed by atoms with Crippen LogP contribution >= 0.6 is 11.8 Å². The Morgan fingerprint density at radius 2 is 2.00 bits per heavy atom. The van der Waals surface area contributed by atoms with Crippen LogP contribution < -0.4 is 5.32 Å². The summed E-state index contributed by atoms with van der Waals surface area (Å²) in [4.78, 5) is 55.2. The molecule has 1 unspecified atom stereocenters. The zero-order valence-electron chi connectivity index (χ0n) is 14.2. The first kappa shape index (κ1) is 17.1. The molecule has 0 aliphatic carbocycles. The Balaban J connectivity index is 1.44. The van der Waals surface area contributed by atoms with E-state index in [-0.39, 0.29) is 24.1 Å². The lowest BCUT2D eigenvalue weighted by Crippen LogP contribution is -2.47. The van der Waals surface area contributed by atoms with Crippen LogP contribution in [-0.2, 0) is 4.79 Å². The number of hydrogen-bond donors (Lipinski definition) is 2. The highest BCUT2D eigenvalue weighted by Crippen LogP contribution is 2.33. The quantitative estimate of drug-likeness (QED) is 0.599. The number of H-pyrrole nitrogens is 1. The number of carbonyl (C=O) groups is 4. The van der Waals surface area contributed by atoms with Gasteiger partial charge in [-0.05, 0) is 31.1 Å². The number of nitrogens with one attached hydrogen (secondary N) is 2. The van der Waals surface area contributed by atoms with E-state index in [4.69, 9.17) is 0 Å². The first-order valence-corrected chi connectivity index (χ1v) is 9.88. The molecule has 0 aromatic carbocycles. The van der Waals surface area contributed by atoms with E-state index in [2.05, 4.69) is 10.3 Å². The van der Waals surface area contributed by atoms with Gasteiger partial charge in [0.25, 0.3) is 11.8 Å². The molecule has 4 rings (SSSR count). The maximum Gasteiger partial charge on any atom is 0.325 e. The van der Waals surface area contributed by atoms with E-state index in [1.807, 2.05) is 0 Å². The van der Waals surface area contributed by atoms with Crippen LogP contribution in [-0.4, -0.2) is 75.1 Å². The number of urea groups is 1. The summed E-state index contributed by atoms with van der Waals surface area (Å²) in [5.41, 5.74) is -0.192. The molecule has 3 aliphatic heterocycles. The van der Waals surface area contributed by atoms with Gasteiger partial charge in [0.2, 0.25) is 0 Å². The minimum Gasteiger partial charge on any atom is -0.356 e.